The van der Waals surface area contributed by atoms with Crippen molar-refractivity contribution in [3.05, 3.63) is 29.8 Å². The van der Waals surface area contributed by atoms with Gasteiger partial charge in [0.1, 0.15) is 11.6 Å². The average Bonchev–Trinajstić information content (AvgIpc) is 2.35. The topological polar surface area (TPSA) is 35.5 Å². The highest BCUT2D eigenvalue weighted by atomic mass is 19.1. The van der Waals surface area contributed by atoms with Crippen molar-refractivity contribution in [3.8, 4) is 0 Å². The highest BCUT2D eigenvalue weighted by Crippen LogP contribution is 2.14. The lowest BCUT2D eigenvalue weighted by molar-refractivity contribution is 0.128. The number of aliphatic hydroxyl groups excluding tert-OH is 1. The van der Waals surface area contributed by atoms with E-state index in [9.17, 15) is 13.9 Å². The van der Waals surface area contributed by atoms with Crippen LogP contribution in [0.25, 0.3) is 0 Å². The molecule has 0 aliphatic rings. The van der Waals surface area contributed by atoms with Gasteiger partial charge in [-0.25, -0.2) is 8.78 Å². The number of hydrogen-bond acceptors (Lipinski definition) is 3. The van der Waals surface area contributed by atoms with Gasteiger partial charge in [-0.3, -0.25) is 0 Å². The fourth-order valence-corrected chi connectivity index (χ4v) is 1.71. The van der Waals surface area contributed by atoms with Gasteiger partial charge in [0.05, 0.1) is 11.8 Å². The van der Waals surface area contributed by atoms with E-state index in [1.54, 1.807) is 0 Å². The van der Waals surface area contributed by atoms with Gasteiger partial charge in [0.25, 0.3) is 0 Å². The first-order chi connectivity index (χ1) is 8.56. The summed E-state index contributed by atoms with van der Waals surface area (Å²) >= 11 is 0. The van der Waals surface area contributed by atoms with Crippen molar-refractivity contribution < 1.29 is 13.9 Å². The zero-order chi connectivity index (χ0) is 13.5. The molecule has 3 nitrogen and oxygen atoms in total. The van der Waals surface area contributed by atoms with Crippen LogP contribution in [-0.2, 0) is 0 Å². The lowest BCUT2D eigenvalue weighted by Gasteiger charge is -2.22. The number of rotatable bonds is 7. The van der Waals surface area contributed by atoms with Crippen LogP contribution in [-0.4, -0.2) is 42.3 Å². The van der Waals surface area contributed by atoms with Crippen molar-refractivity contribution in [1.82, 2.24) is 4.90 Å². The minimum atomic E-state index is -0.648. The number of hydrogen-bond donors (Lipinski definition) is 2. The molecule has 0 bridgehead atoms. The summed E-state index contributed by atoms with van der Waals surface area (Å²) in [6.07, 6.45) is -0.589. The van der Waals surface area contributed by atoms with Gasteiger partial charge in [0.2, 0.25) is 0 Å². The summed E-state index contributed by atoms with van der Waals surface area (Å²) in [5.74, 6) is -1.26. The molecule has 0 saturated carbocycles. The molecule has 0 aromatic heterocycles. The summed E-state index contributed by atoms with van der Waals surface area (Å²) < 4.78 is 26.0. The van der Waals surface area contributed by atoms with Crippen LogP contribution in [0.5, 0.6) is 0 Å². The normalized spacial score (nSPS) is 12.8. The molecule has 2 N–H and O–H groups in total. The third-order valence-electron chi connectivity index (χ3n) is 2.82. The number of anilines is 1. The van der Waals surface area contributed by atoms with Gasteiger partial charge in [0, 0.05) is 19.2 Å². The van der Waals surface area contributed by atoms with Crippen LogP contribution in [0, 0.1) is 11.6 Å². The molecule has 1 rings (SSSR count). The van der Waals surface area contributed by atoms with E-state index in [-0.39, 0.29) is 12.2 Å². The minimum Gasteiger partial charge on any atom is -0.390 e. The molecule has 1 unspecified atom stereocenters. The Balaban J connectivity index is 2.44. The van der Waals surface area contributed by atoms with Gasteiger partial charge >= 0.3 is 0 Å². The third-order valence-corrected chi connectivity index (χ3v) is 2.82. The number of halogens is 2. The average molecular weight is 258 g/mol. The first-order valence-corrected chi connectivity index (χ1v) is 6.16. The van der Waals surface area contributed by atoms with E-state index in [0.717, 1.165) is 19.2 Å². The quantitative estimate of drug-likeness (QED) is 0.786. The van der Waals surface area contributed by atoms with Gasteiger partial charge in [-0.1, -0.05) is 13.8 Å². The van der Waals surface area contributed by atoms with Gasteiger partial charge in [-0.15, -0.1) is 0 Å². The Morgan fingerprint density at radius 1 is 1.28 bits per heavy atom. The van der Waals surface area contributed by atoms with Crippen LogP contribution in [0.15, 0.2) is 18.2 Å². The standard InChI is InChI=1S/C13H20F2N2O/c1-3-17(4-2)9-11(18)8-16-13-6-5-10(14)7-12(13)15/h5-7,11,16,18H,3-4,8-9H2,1-2H3. The van der Waals surface area contributed by atoms with Gasteiger partial charge < -0.3 is 15.3 Å². The number of aliphatic hydroxyl groups is 1. The smallest absolute Gasteiger partial charge is 0.149 e. The Kier molecular flexibility index (Phi) is 6.01. The van der Waals surface area contributed by atoms with E-state index in [0.29, 0.717) is 6.54 Å². The number of nitrogens with zero attached hydrogens (tertiary/aromatic N) is 1. The Labute approximate surface area is 106 Å². The molecule has 0 fully saturated rings. The summed E-state index contributed by atoms with van der Waals surface area (Å²) in [6, 6.07) is 3.33. The Bertz CT molecular complexity index is 370. The molecular weight excluding hydrogens is 238 g/mol. The Morgan fingerprint density at radius 3 is 2.50 bits per heavy atom. The summed E-state index contributed by atoms with van der Waals surface area (Å²) in [5.41, 5.74) is 0.204. The predicted octanol–water partition coefficient (Wildman–Crippen LogP) is 2.08. The van der Waals surface area contributed by atoms with Crippen LogP contribution in [0.1, 0.15) is 13.8 Å². The SMILES string of the molecule is CCN(CC)CC(O)CNc1ccc(F)cc1F. The summed E-state index contributed by atoms with van der Waals surface area (Å²) in [7, 11) is 0. The summed E-state index contributed by atoms with van der Waals surface area (Å²) in [5, 5.41) is 12.6. The van der Waals surface area contributed by atoms with Crippen LogP contribution >= 0.6 is 0 Å². The molecule has 1 aromatic rings. The molecule has 18 heavy (non-hydrogen) atoms. The maximum Gasteiger partial charge on any atom is 0.149 e. The van der Waals surface area contributed by atoms with Crippen LogP contribution in [0.3, 0.4) is 0 Å². The molecule has 1 atom stereocenters. The number of nitrogens with one attached hydrogen (secondary N) is 1. The second kappa shape index (κ2) is 7.28. The molecule has 0 amide bonds. The largest absolute Gasteiger partial charge is 0.390 e. The molecule has 0 aliphatic heterocycles. The first kappa shape index (κ1) is 14.9. The van der Waals surface area contributed by atoms with Crippen LogP contribution in [0.4, 0.5) is 14.5 Å². The molecule has 0 saturated heterocycles. The highest BCUT2D eigenvalue weighted by molar-refractivity contribution is 5.44. The zero-order valence-electron chi connectivity index (χ0n) is 10.8. The van der Waals surface area contributed by atoms with Crippen molar-refractivity contribution in [2.75, 3.05) is 31.5 Å². The van der Waals surface area contributed by atoms with Crippen LogP contribution in [0.2, 0.25) is 0 Å². The summed E-state index contributed by atoms with van der Waals surface area (Å²) in [6.45, 7) is 6.52. The van der Waals surface area contributed by atoms with Gasteiger partial charge in [-0.2, -0.15) is 0 Å². The lowest BCUT2D eigenvalue weighted by atomic mass is 10.2. The molecule has 0 aliphatic carbocycles. The Morgan fingerprint density at radius 2 is 1.94 bits per heavy atom. The zero-order valence-corrected chi connectivity index (χ0v) is 10.8. The molecule has 0 heterocycles. The molecule has 5 heteroatoms. The summed E-state index contributed by atoms with van der Waals surface area (Å²) in [4.78, 5) is 2.08. The number of benzene rings is 1. The van der Waals surface area contributed by atoms with Crippen molar-refractivity contribution in [2.24, 2.45) is 0 Å². The third kappa shape index (κ3) is 4.58. The van der Waals surface area contributed by atoms with Crippen molar-refractivity contribution in [1.29, 1.82) is 0 Å². The van der Waals surface area contributed by atoms with Crippen LogP contribution < -0.4 is 5.32 Å². The van der Waals surface area contributed by atoms with Crippen molar-refractivity contribution >= 4 is 5.69 Å². The lowest BCUT2D eigenvalue weighted by Crippen LogP contribution is -2.36. The fraction of sp³-hybridized carbons (Fsp3) is 0.538. The van der Waals surface area contributed by atoms with E-state index >= 15 is 0 Å². The molecule has 102 valence electrons. The maximum atomic E-state index is 13.3. The molecule has 1 aromatic carbocycles. The first-order valence-electron chi connectivity index (χ1n) is 6.16. The predicted molar refractivity (Wildman–Crippen MR) is 68.6 cm³/mol. The fourth-order valence-electron chi connectivity index (χ4n) is 1.71. The second-order valence-corrected chi connectivity index (χ2v) is 4.14. The van der Waals surface area contributed by atoms with Gasteiger partial charge in [-0.05, 0) is 25.2 Å². The maximum absolute atomic E-state index is 13.3. The molecule has 0 spiro atoms. The van der Waals surface area contributed by atoms with Crippen molar-refractivity contribution in [2.45, 2.75) is 20.0 Å². The molecule has 0 radical (unpaired) electrons. The van der Waals surface area contributed by atoms with Crippen molar-refractivity contribution in [3.63, 3.8) is 0 Å². The van der Waals surface area contributed by atoms with E-state index in [1.807, 2.05) is 13.8 Å². The van der Waals surface area contributed by atoms with E-state index in [4.69, 9.17) is 0 Å². The van der Waals surface area contributed by atoms with Gasteiger partial charge in [0.15, 0.2) is 0 Å². The van der Waals surface area contributed by atoms with E-state index in [2.05, 4.69) is 10.2 Å². The number of likely N-dealkylation sites (N-methyl/N-ethyl adjacent to an activating group) is 1. The highest BCUT2D eigenvalue weighted by Gasteiger charge is 2.10. The van der Waals surface area contributed by atoms with E-state index in [1.165, 1.54) is 12.1 Å². The van der Waals surface area contributed by atoms with E-state index < -0.39 is 17.7 Å². The Hall–Kier alpha value is -1.20. The minimum absolute atomic E-state index is 0.204. The molecular formula is C13H20F2N2O. The second-order valence-electron chi connectivity index (χ2n) is 4.14. The monoisotopic (exact) mass is 258 g/mol.